The minimum atomic E-state index is -0.106. The Morgan fingerprint density at radius 1 is 1.04 bits per heavy atom. The van der Waals surface area contributed by atoms with E-state index in [2.05, 4.69) is 31.2 Å². The van der Waals surface area contributed by atoms with Crippen molar-refractivity contribution < 1.29 is 9.47 Å². The molecule has 1 fully saturated rings. The Kier molecular flexibility index (Phi) is 6.51. The Hall–Kier alpha value is -2.46. The smallest absolute Gasteiger partial charge is 0.309 e. The van der Waals surface area contributed by atoms with Crippen LogP contribution >= 0.6 is 0 Å². The van der Waals surface area contributed by atoms with Gasteiger partial charge in [0.2, 0.25) is 5.57 Å². The Balaban J connectivity index is 1.88. The molecule has 0 saturated carbocycles. The normalized spacial score (nSPS) is 16.7. The van der Waals surface area contributed by atoms with Crippen molar-refractivity contribution in [2.24, 2.45) is 0 Å². The van der Waals surface area contributed by atoms with Crippen LogP contribution in [0.1, 0.15) is 49.7 Å². The summed E-state index contributed by atoms with van der Waals surface area (Å²) in [5.74, 6) is 0.185. The second kappa shape index (κ2) is 8.86. The van der Waals surface area contributed by atoms with E-state index in [0.29, 0.717) is 13.2 Å². The Morgan fingerprint density at radius 3 is 2.26 bits per heavy atom. The Labute approximate surface area is 137 Å². The molecule has 0 N–H and O–H groups in total. The van der Waals surface area contributed by atoms with E-state index in [1.54, 1.807) is 12.1 Å². The molecule has 0 aliphatic carbocycles. The lowest BCUT2D eigenvalue weighted by atomic mass is 9.97. The fourth-order valence-corrected chi connectivity index (χ4v) is 2.61. The summed E-state index contributed by atoms with van der Waals surface area (Å²) in [6.07, 6.45) is 6.22. The SMILES string of the molecule is CCCCCCc1ccc(C2COC(=C(C#N)C#N)OC2)cc1. The van der Waals surface area contributed by atoms with E-state index in [9.17, 15) is 0 Å². The highest BCUT2D eigenvalue weighted by molar-refractivity contribution is 5.36. The van der Waals surface area contributed by atoms with Gasteiger partial charge in [0.05, 0.1) is 5.92 Å². The summed E-state index contributed by atoms with van der Waals surface area (Å²) in [6, 6.07) is 12.1. The van der Waals surface area contributed by atoms with E-state index in [-0.39, 0.29) is 17.4 Å². The van der Waals surface area contributed by atoms with Gasteiger partial charge in [-0.3, -0.25) is 0 Å². The van der Waals surface area contributed by atoms with E-state index in [4.69, 9.17) is 20.0 Å². The van der Waals surface area contributed by atoms with Gasteiger partial charge in [-0.15, -0.1) is 0 Å². The Morgan fingerprint density at radius 2 is 1.70 bits per heavy atom. The molecule has 1 aliphatic rings. The average molecular weight is 310 g/mol. The van der Waals surface area contributed by atoms with E-state index >= 15 is 0 Å². The minimum Gasteiger partial charge on any atom is -0.463 e. The van der Waals surface area contributed by atoms with Gasteiger partial charge in [0.25, 0.3) is 0 Å². The predicted octanol–water partition coefficient (Wildman–Crippen LogP) is 4.20. The van der Waals surface area contributed by atoms with Gasteiger partial charge in [-0.25, -0.2) is 0 Å². The monoisotopic (exact) mass is 310 g/mol. The summed E-state index contributed by atoms with van der Waals surface area (Å²) in [4.78, 5) is 0. The van der Waals surface area contributed by atoms with E-state index < -0.39 is 0 Å². The highest BCUT2D eigenvalue weighted by Gasteiger charge is 2.23. The van der Waals surface area contributed by atoms with Crippen LogP contribution in [0.4, 0.5) is 0 Å². The molecule has 1 aromatic carbocycles. The number of rotatable bonds is 6. The summed E-state index contributed by atoms with van der Waals surface area (Å²) in [5, 5.41) is 17.6. The van der Waals surface area contributed by atoms with Crippen molar-refractivity contribution >= 4 is 0 Å². The maximum atomic E-state index is 8.81. The van der Waals surface area contributed by atoms with Crippen LogP contribution in [0.3, 0.4) is 0 Å². The van der Waals surface area contributed by atoms with Crippen LogP contribution < -0.4 is 0 Å². The second-order valence-corrected chi connectivity index (χ2v) is 5.76. The molecule has 4 heteroatoms. The van der Waals surface area contributed by atoms with Crippen LogP contribution in [0.25, 0.3) is 0 Å². The number of nitrogens with zero attached hydrogens (tertiary/aromatic N) is 2. The largest absolute Gasteiger partial charge is 0.463 e. The summed E-state index contributed by atoms with van der Waals surface area (Å²) >= 11 is 0. The van der Waals surface area contributed by atoms with Crippen LogP contribution in [0.2, 0.25) is 0 Å². The molecular weight excluding hydrogens is 288 g/mol. The van der Waals surface area contributed by atoms with E-state index in [1.165, 1.54) is 31.2 Å². The highest BCUT2D eigenvalue weighted by Crippen LogP contribution is 2.25. The molecule has 0 atom stereocenters. The van der Waals surface area contributed by atoms with Gasteiger partial charge in [0.15, 0.2) is 0 Å². The van der Waals surface area contributed by atoms with Gasteiger partial charge in [-0.1, -0.05) is 50.5 Å². The molecule has 23 heavy (non-hydrogen) atoms. The van der Waals surface area contributed by atoms with Gasteiger partial charge in [0.1, 0.15) is 25.4 Å². The van der Waals surface area contributed by atoms with Crippen molar-refractivity contribution in [1.82, 2.24) is 0 Å². The molecule has 120 valence electrons. The molecule has 2 rings (SSSR count). The molecule has 4 nitrogen and oxygen atoms in total. The summed E-state index contributed by atoms with van der Waals surface area (Å²) < 4.78 is 10.8. The van der Waals surface area contributed by atoms with Gasteiger partial charge in [0, 0.05) is 0 Å². The fourth-order valence-electron chi connectivity index (χ4n) is 2.61. The Bertz CT molecular complexity index is 594. The third-order valence-corrected chi connectivity index (χ3v) is 4.03. The topological polar surface area (TPSA) is 66.0 Å². The summed E-state index contributed by atoms with van der Waals surface area (Å²) in [6.45, 7) is 3.08. The first kappa shape index (κ1) is 16.9. The van der Waals surface area contributed by atoms with E-state index in [0.717, 1.165) is 12.0 Å². The maximum Gasteiger partial charge on any atom is 0.309 e. The molecule has 0 spiro atoms. The van der Waals surface area contributed by atoms with Crippen LogP contribution in [-0.2, 0) is 15.9 Å². The maximum absolute atomic E-state index is 8.81. The van der Waals surface area contributed by atoms with Crippen LogP contribution in [-0.4, -0.2) is 13.2 Å². The van der Waals surface area contributed by atoms with Gasteiger partial charge in [-0.2, -0.15) is 10.5 Å². The molecule has 0 radical (unpaired) electrons. The second-order valence-electron chi connectivity index (χ2n) is 5.76. The number of unbranched alkanes of at least 4 members (excludes halogenated alkanes) is 3. The predicted molar refractivity (Wildman–Crippen MR) is 87.2 cm³/mol. The molecule has 1 aliphatic heterocycles. The lowest BCUT2D eigenvalue weighted by Crippen LogP contribution is -2.22. The molecular formula is C19H22N2O2. The molecule has 1 aromatic rings. The molecule has 1 saturated heterocycles. The molecule has 0 bridgehead atoms. The number of hydrogen-bond donors (Lipinski definition) is 0. The van der Waals surface area contributed by atoms with Crippen molar-refractivity contribution in [3.05, 3.63) is 46.9 Å². The average Bonchev–Trinajstić information content (AvgIpc) is 2.61. The van der Waals surface area contributed by atoms with Gasteiger partial charge < -0.3 is 9.47 Å². The van der Waals surface area contributed by atoms with Crippen molar-refractivity contribution in [3.63, 3.8) is 0 Å². The molecule has 0 unspecified atom stereocenters. The van der Waals surface area contributed by atoms with E-state index in [1.807, 2.05) is 0 Å². The quantitative estimate of drug-likeness (QED) is 0.583. The van der Waals surface area contributed by atoms with Crippen molar-refractivity contribution in [2.75, 3.05) is 13.2 Å². The third kappa shape index (κ3) is 4.76. The number of aryl methyl sites for hydroxylation is 1. The first-order valence-electron chi connectivity index (χ1n) is 8.17. The van der Waals surface area contributed by atoms with Gasteiger partial charge >= 0.3 is 5.95 Å². The number of hydrogen-bond acceptors (Lipinski definition) is 4. The molecule has 1 heterocycles. The minimum absolute atomic E-state index is 0.0544. The first-order chi connectivity index (χ1) is 11.3. The number of ether oxygens (including phenoxy) is 2. The summed E-state index contributed by atoms with van der Waals surface area (Å²) in [5.41, 5.74) is 2.42. The zero-order valence-corrected chi connectivity index (χ0v) is 13.5. The van der Waals surface area contributed by atoms with Crippen LogP contribution in [0.5, 0.6) is 0 Å². The van der Waals surface area contributed by atoms with Gasteiger partial charge in [-0.05, 0) is 24.0 Å². The lowest BCUT2D eigenvalue weighted by molar-refractivity contribution is -0.0295. The van der Waals surface area contributed by atoms with Crippen molar-refractivity contribution in [1.29, 1.82) is 10.5 Å². The number of allylic oxidation sites excluding steroid dienone is 1. The van der Waals surface area contributed by atoms with Crippen molar-refractivity contribution in [3.8, 4) is 12.1 Å². The highest BCUT2D eigenvalue weighted by atomic mass is 16.7. The standard InChI is InChI=1S/C19H22N2O2/c1-2-3-4-5-6-15-7-9-16(10-8-15)18-13-22-19(23-14-18)17(11-20)12-21/h7-10,18H,2-6,13-14H2,1H3. The lowest BCUT2D eigenvalue weighted by Gasteiger charge is -2.25. The third-order valence-electron chi connectivity index (χ3n) is 4.03. The number of benzene rings is 1. The zero-order chi connectivity index (χ0) is 16.5. The van der Waals surface area contributed by atoms with Crippen LogP contribution in [0.15, 0.2) is 35.8 Å². The molecule has 0 amide bonds. The van der Waals surface area contributed by atoms with Crippen LogP contribution in [0, 0.1) is 22.7 Å². The summed E-state index contributed by atoms with van der Waals surface area (Å²) in [7, 11) is 0. The first-order valence-corrected chi connectivity index (χ1v) is 8.17. The zero-order valence-electron chi connectivity index (χ0n) is 13.5. The number of nitriles is 2. The molecule has 0 aromatic heterocycles. The fraction of sp³-hybridized carbons (Fsp3) is 0.474. The van der Waals surface area contributed by atoms with Crippen molar-refractivity contribution in [2.45, 2.75) is 44.9 Å².